The van der Waals surface area contributed by atoms with Crippen LogP contribution in [0.5, 0.6) is 11.5 Å². The van der Waals surface area contributed by atoms with Gasteiger partial charge in [0, 0.05) is 6.42 Å². The summed E-state index contributed by atoms with van der Waals surface area (Å²) in [5.74, 6) is 1.31. The molecule has 0 heterocycles. The summed E-state index contributed by atoms with van der Waals surface area (Å²) in [5, 5.41) is 17.7. The van der Waals surface area contributed by atoms with E-state index in [4.69, 9.17) is 19.7 Å². The molecule has 4 heteroatoms. The summed E-state index contributed by atoms with van der Waals surface area (Å²) < 4.78 is 10.5. The van der Waals surface area contributed by atoms with Crippen molar-refractivity contribution in [2.75, 3.05) is 20.3 Å². The molecule has 0 fully saturated rings. The van der Waals surface area contributed by atoms with Crippen LogP contribution in [0.3, 0.4) is 0 Å². The minimum absolute atomic E-state index is 0.241. The number of hydrogen-bond donors (Lipinski definition) is 2. The lowest BCUT2D eigenvalue weighted by atomic mass is 10.3. The van der Waals surface area contributed by atoms with Gasteiger partial charge in [-0.1, -0.05) is 12.1 Å². The van der Waals surface area contributed by atoms with Crippen LogP contribution in [0.2, 0.25) is 0 Å². The molecule has 0 aliphatic rings. The first-order valence-electron chi connectivity index (χ1n) is 4.82. The Morgan fingerprint density at radius 1 is 1.27 bits per heavy atom. The number of benzene rings is 1. The minimum atomic E-state index is -0.722. The van der Waals surface area contributed by atoms with Crippen LogP contribution in [0.1, 0.15) is 6.42 Å². The van der Waals surface area contributed by atoms with E-state index < -0.39 is 6.10 Å². The normalized spacial score (nSPS) is 12.2. The van der Waals surface area contributed by atoms with Gasteiger partial charge in [0.1, 0.15) is 0 Å². The van der Waals surface area contributed by atoms with Crippen molar-refractivity contribution in [2.24, 2.45) is 0 Å². The molecule has 0 saturated carbocycles. The standard InChI is InChI=1S/C11H16O4/c1-14-10-4-2-3-5-11(10)15-7-6-9(13)8-12/h2-5,9,12-13H,6-8H2,1H3. The third-order valence-corrected chi connectivity index (χ3v) is 1.99. The second-order valence-electron chi connectivity index (χ2n) is 3.12. The Labute approximate surface area is 89.1 Å². The lowest BCUT2D eigenvalue weighted by Gasteiger charge is -2.11. The Kier molecular flexibility index (Phi) is 4.93. The van der Waals surface area contributed by atoms with Gasteiger partial charge < -0.3 is 19.7 Å². The molecule has 84 valence electrons. The van der Waals surface area contributed by atoms with Crippen molar-refractivity contribution in [3.05, 3.63) is 24.3 Å². The van der Waals surface area contributed by atoms with E-state index in [1.807, 2.05) is 12.1 Å². The SMILES string of the molecule is COc1ccccc1OCCC(O)CO. The van der Waals surface area contributed by atoms with Crippen molar-refractivity contribution in [3.63, 3.8) is 0 Å². The highest BCUT2D eigenvalue weighted by atomic mass is 16.5. The molecule has 0 bridgehead atoms. The number of ether oxygens (including phenoxy) is 2. The largest absolute Gasteiger partial charge is 0.493 e. The summed E-state index contributed by atoms with van der Waals surface area (Å²) in [6, 6.07) is 7.30. The van der Waals surface area contributed by atoms with Crippen LogP contribution in [-0.4, -0.2) is 36.6 Å². The molecule has 4 nitrogen and oxygen atoms in total. The van der Waals surface area contributed by atoms with Gasteiger partial charge in [-0.05, 0) is 12.1 Å². The fraction of sp³-hybridized carbons (Fsp3) is 0.455. The second kappa shape index (κ2) is 6.27. The molecule has 0 spiro atoms. The monoisotopic (exact) mass is 212 g/mol. The summed E-state index contributed by atoms with van der Waals surface area (Å²) in [6.07, 6.45) is -0.325. The van der Waals surface area contributed by atoms with Crippen LogP contribution in [0.4, 0.5) is 0 Å². The molecule has 1 aromatic rings. The average molecular weight is 212 g/mol. The Morgan fingerprint density at radius 3 is 2.53 bits per heavy atom. The number of aliphatic hydroxyl groups is 2. The fourth-order valence-corrected chi connectivity index (χ4v) is 1.13. The third-order valence-electron chi connectivity index (χ3n) is 1.99. The summed E-state index contributed by atoms with van der Waals surface area (Å²) in [5.41, 5.74) is 0. The Bertz CT molecular complexity index is 288. The fourth-order valence-electron chi connectivity index (χ4n) is 1.13. The van der Waals surface area contributed by atoms with Crippen LogP contribution in [0.15, 0.2) is 24.3 Å². The first-order valence-corrected chi connectivity index (χ1v) is 4.82. The van der Waals surface area contributed by atoms with Crippen LogP contribution in [0.25, 0.3) is 0 Å². The summed E-state index contributed by atoms with van der Waals surface area (Å²) in [6.45, 7) is 0.109. The predicted octanol–water partition coefficient (Wildman–Crippen LogP) is 0.817. The first-order chi connectivity index (χ1) is 7.27. The summed E-state index contributed by atoms with van der Waals surface area (Å²) >= 11 is 0. The van der Waals surface area contributed by atoms with Gasteiger partial charge in [-0.3, -0.25) is 0 Å². The molecule has 2 N–H and O–H groups in total. The zero-order valence-electron chi connectivity index (χ0n) is 8.72. The number of aliphatic hydroxyl groups excluding tert-OH is 2. The number of para-hydroxylation sites is 2. The lowest BCUT2D eigenvalue weighted by molar-refractivity contribution is 0.0750. The first kappa shape index (κ1) is 11.8. The van der Waals surface area contributed by atoms with E-state index >= 15 is 0 Å². The maximum atomic E-state index is 9.10. The van der Waals surface area contributed by atoms with Crippen molar-refractivity contribution >= 4 is 0 Å². The molecule has 0 aliphatic carbocycles. The van der Waals surface area contributed by atoms with E-state index in [9.17, 15) is 0 Å². The Morgan fingerprint density at radius 2 is 1.93 bits per heavy atom. The third kappa shape index (κ3) is 3.77. The van der Waals surface area contributed by atoms with Crippen molar-refractivity contribution in [1.82, 2.24) is 0 Å². The summed E-state index contributed by atoms with van der Waals surface area (Å²) in [4.78, 5) is 0. The van der Waals surface area contributed by atoms with Crippen LogP contribution < -0.4 is 9.47 Å². The topological polar surface area (TPSA) is 58.9 Å². The smallest absolute Gasteiger partial charge is 0.161 e. The molecule has 0 radical (unpaired) electrons. The highest BCUT2D eigenvalue weighted by molar-refractivity contribution is 5.39. The zero-order chi connectivity index (χ0) is 11.1. The molecular weight excluding hydrogens is 196 g/mol. The maximum Gasteiger partial charge on any atom is 0.161 e. The maximum absolute atomic E-state index is 9.10. The van der Waals surface area contributed by atoms with Crippen LogP contribution in [0, 0.1) is 0 Å². The average Bonchev–Trinajstić information content (AvgIpc) is 2.29. The molecule has 1 atom stereocenters. The molecule has 0 saturated heterocycles. The Hall–Kier alpha value is -1.26. The van der Waals surface area contributed by atoms with E-state index in [1.54, 1.807) is 19.2 Å². The molecular formula is C11H16O4. The molecule has 1 unspecified atom stereocenters. The van der Waals surface area contributed by atoms with Crippen molar-refractivity contribution < 1.29 is 19.7 Å². The van der Waals surface area contributed by atoms with Gasteiger partial charge >= 0.3 is 0 Å². The number of methoxy groups -OCH3 is 1. The van der Waals surface area contributed by atoms with E-state index in [1.165, 1.54) is 0 Å². The van der Waals surface area contributed by atoms with Gasteiger partial charge in [-0.25, -0.2) is 0 Å². The molecule has 0 aromatic heterocycles. The van der Waals surface area contributed by atoms with Gasteiger partial charge in [0.15, 0.2) is 11.5 Å². The zero-order valence-corrected chi connectivity index (χ0v) is 8.72. The number of rotatable bonds is 6. The van der Waals surface area contributed by atoms with Crippen molar-refractivity contribution in [3.8, 4) is 11.5 Å². The molecule has 0 aliphatic heterocycles. The van der Waals surface area contributed by atoms with Gasteiger partial charge in [-0.15, -0.1) is 0 Å². The quantitative estimate of drug-likeness (QED) is 0.733. The van der Waals surface area contributed by atoms with E-state index in [0.717, 1.165) is 0 Å². The van der Waals surface area contributed by atoms with Gasteiger partial charge in [0.05, 0.1) is 26.4 Å². The van der Waals surface area contributed by atoms with Gasteiger partial charge in [-0.2, -0.15) is 0 Å². The number of hydrogen-bond acceptors (Lipinski definition) is 4. The lowest BCUT2D eigenvalue weighted by Crippen LogP contribution is -2.15. The van der Waals surface area contributed by atoms with Crippen LogP contribution >= 0.6 is 0 Å². The molecule has 0 amide bonds. The van der Waals surface area contributed by atoms with Crippen molar-refractivity contribution in [2.45, 2.75) is 12.5 Å². The molecule has 15 heavy (non-hydrogen) atoms. The molecule has 1 aromatic carbocycles. The van der Waals surface area contributed by atoms with E-state index in [0.29, 0.717) is 24.5 Å². The molecule has 1 rings (SSSR count). The van der Waals surface area contributed by atoms with E-state index in [2.05, 4.69) is 0 Å². The van der Waals surface area contributed by atoms with Gasteiger partial charge in [0.25, 0.3) is 0 Å². The van der Waals surface area contributed by atoms with Gasteiger partial charge in [0.2, 0.25) is 0 Å². The summed E-state index contributed by atoms with van der Waals surface area (Å²) in [7, 11) is 1.57. The van der Waals surface area contributed by atoms with Crippen molar-refractivity contribution in [1.29, 1.82) is 0 Å². The second-order valence-corrected chi connectivity index (χ2v) is 3.12. The van der Waals surface area contributed by atoms with Crippen LogP contribution in [-0.2, 0) is 0 Å². The highest BCUT2D eigenvalue weighted by Crippen LogP contribution is 2.25. The Balaban J connectivity index is 2.43. The highest BCUT2D eigenvalue weighted by Gasteiger charge is 2.05. The van der Waals surface area contributed by atoms with E-state index in [-0.39, 0.29) is 6.61 Å². The minimum Gasteiger partial charge on any atom is -0.493 e. The predicted molar refractivity (Wildman–Crippen MR) is 56.2 cm³/mol.